The summed E-state index contributed by atoms with van der Waals surface area (Å²) >= 11 is 0. The summed E-state index contributed by atoms with van der Waals surface area (Å²) in [5.41, 5.74) is 4.78. The van der Waals surface area contributed by atoms with Gasteiger partial charge in [0.1, 0.15) is 0 Å². The van der Waals surface area contributed by atoms with Crippen molar-refractivity contribution in [1.29, 1.82) is 0 Å². The Morgan fingerprint density at radius 1 is 1.30 bits per heavy atom. The molecule has 0 aromatic heterocycles. The molecule has 0 fully saturated rings. The molecule has 0 aliphatic heterocycles. The maximum Gasteiger partial charge on any atom is 0.339 e. The van der Waals surface area contributed by atoms with Crippen molar-refractivity contribution < 1.29 is 14.6 Å². The molecule has 0 spiro atoms. The highest BCUT2D eigenvalue weighted by molar-refractivity contribution is 5.91. The fraction of sp³-hybridized carbons (Fsp3) is 0.176. The standard InChI is InChI=1S/C17H19N3O3/c1-3-23-16-10-13(8-9-15(16)21)11-18-20-17(22)19-14-7-5-4-6-12(14)2/h4-11,21H,3H2,1-2H3,(H2,19,20,22). The Morgan fingerprint density at radius 2 is 2.09 bits per heavy atom. The second-order valence-corrected chi connectivity index (χ2v) is 4.80. The molecule has 0 aliphatic rings. The summed E-state index contributed by atoms with van der Waals surface area (Å²) in [6.45, 7) is 4.19. The van der Waals surface area contributed by atoms with E-state index in [4.69, 9.17) is 4.74 Å². The van der Waals surface area contributed by atoms with Crippen molar-refractivity contribution in [3.8, 4) is 11.5 Å². The molecule has 0 unspecified atom stereocenters. The van der Waals surface area contributed by atoms with Crippen molar-refractivity contribution in [3.63, 3.8) is 0 Å². The lowest BCUT2D eigenvalue weighted by molar-refractivity contribution is 0.252. The third-order valence-corrected chi connectivity index (χ3v) is 3.06. The average Bonchev–Trinajstić information content (AvgIpc) is 2.53. The summed E-state index contributed by atoms with van der Waals surface area (Å²) in [4.78, 5) is 11.8. The van der Waals surface area contributed by atoms with Crippen LogP contribution >= 0.6 is 0 Å². The number of para-hydroxylation sites is 1. The van der Waals surface area contributed by atoms with Crippen LogP contribution in [-0.4, -0.2) is 24.0 Å². The number of anilines is 1. The highest BCUT2D eigenvalue weighted by Crippen LogP contribution is 2.26. The van der Waals surface area contributed by atoms with Gasteiger partial charge in [0, 0.05) is 5.69 Å². The first-order valence-electron chi connectivity index (χ1n) is 7.21. The second kappa shape index (κ2) is 7.84. The molecule has 2 rings (SSSR count). The largest absolute Gasteiger partial charge is 0.504 e. The number of ether oxygens (including phenoxy) is 1. The van der Waals surface area contributed by atoms with Crippen LogP contribution in [0.3, 0.4) is 0 Å². The van der Waals surface area contributed by atoms with Crippen LogP contribution < -0.4 is 15.5 Å². The molecule has 3 N–H and O–H groups in total. The number of hydrogen-bond acceptors (Lipinski definition) is 4. The lowest BCUT2D eigenvalue weighted by atomic mass is 10.2. The molecular weight excluding hydrogens is 294 g/mol. The van der Waals surface area contributed by atoms with E-state index in [0.29, 0.717) is 17.9 Å². The summed E-state index contributed by atoms with van der Waals surface area (Å²) in [6, 6.07) is 11.9. The van der Waals surface area contributed by atoms with Gasteiger partial charge in [0.15, 0.2) is 11.5 Å². The van der Waals surface area contributed by atoms with E-state index in [1.807, 2.05) is 38.1 Å². The van der Waals surface area contributed by atoms with Gasteiger partial charge in [-0.2, -0.15) is 5.10 Å². The SMILES string of the molecule is CCOc1cc(C=NNC(=O)Nc2ccccc2C)ccc1O. The van der Waals surface area contributed by atoms with Crippen LogP contribution in [0.1, 0.15) is 18.1 Å². The molecule has 6 heteroatoms. The number of aryl methyl sites for hydroxylation is 1. The van der Waals surface area contributed by atoms with Gasteiger partial charge in [0.05, 0.1) is 12.8 Å². The van der Waals surface area contributed by atoms with Gasteiger partial charge in [-0.25, -0.2) is 10.2 Å². The molecule has 0 atom stereocenters. The first-order chi connectivity index (χ1) is 11.1. The Bertz CT molecular complexity index is 714. The second-order valence-electron chi connectivity index (χ2n) is 4.80. The van der Waals surface area contributed by atoms with Crippen molar-refractivity contribution >= 4 is 17.9 Å². The minimum absolute atomic E-state index is 0.0641. The molecule has 0 bridgehead atoms. The van der Waals surface area contributed by atoms with E-state index in [1.54, 1.807) is 12.1 Å². The lowest BCUT2D eigenvalue weighted by Gasteiger charge is -2.07. The topological polar surface area (TPSA) is 83.0 Å². The highest BCUT2D eigenvalue weighted by Gasteiger charge is 2.03. The molecule has 0 heterocycles. The van der Waals surface area contributed by atoms with E-state index >= 15 is 0 Å². The molecular formula is C17H19N3O3. The maximum absolute atomic E-state index is 11.8. The zero-order valence-corrected chi connectivity index (χ0v) is 13.0. The summed E-state index contributed by atoms with van der Waals surface area (Å²) in [5.74, 6) is 0.440. The van der Waals surface area contributed by atoms with Gasteiger partial charge in [-0.15, -0.1) is 0 Å². The zero-order chi connectivity index (χ0) is 16.7. The normalized spacial score (nSPS) is 10.5. The number of nitrogens with zero attached hydrogens (tertiary/aromatic N) is 1. The molecule has 0 radical (unpaired) electrons. The van der Waals surface area contributed by atoms with Gasteiger partial charge in [-0.1, -0.05) is 18.2 Å². The summed E-state index contributed by atoms with van der Waals surface area (Å²) in [7, 11) is 0. The van der Waals surface area contributed by atoms with E-state index in [9.17, 15) is 9.90 Å². The highest BCUT2D eigenvalue weighted by atomic mass is 16.5. The van der Waals surface area contributed by atoms with E-state index < -0.39 is 6.03 Å². The lowest BCUT2D eigenvalue weighted by Crippen LogP contribution is -2.24. The van der Waals surface area contributed by atoms with Crippen LogP contribution in [0.5, 0.6) is 11.5 Å². The van der Waals surface area contributed by atoms with Crippen LogP contribution in [-0.2, 0) is 0 Å². The Balaban J connectivity index is 1.95. The Morgan fingerprint density at radius 3 is 2.83 bits per heavy atom. The summed E-state index contributed by atoms with van der Waals surface area (Å²) < 4.78 is 5.29. The van der Waals surface area contributed by atoms with E-state index in [0.717, 1.165) is 11.3 Å². The van der Waals surface area contributed by atoms with Crippen LogP contribution in [0.4, 0.5) is 10.5 Å². The maximum atomic E-state index is 11.8. The molecule has 2 aromatic carbocycles. The number of urea groups is 1. The average molecular weight is 313 g/mol. The Kier molecular flexibility index (Phi) is 5.57. The van der Waals surface area contributed by atoms with Crippen molar-refractivity contribution in [2.75, 3.05) is 11.9 Å². The van der Waals surface area contributed by atoms with Gasteiger partial charge in [-0.3, -0.25) is 0 Å². The van der Waals surface area contributed by atoms with Gasteiger partial charge in [0.25, 0.3) is 0 Å². The van der Waals surface area contributed by atoms with Crippen LogP contribution in [0.2, 0.25) is 0 Å². The smallest absolute Gasteiger partial charge is 0.339 e. The summed E-state index contributed by atoms with van der Waals surface area (Å²) in [6.07, 6.45) is 1.47. The zero-order valence-electron chi connectivity index (χ0n) is 13.0. The molecule has 0 saturated carbocycles. The van der Waals surface area contributed by atoms with Crippen molar-refractivity contribution in [1.82, 2.24) is 5.43 Å². The minimum Gasteiger partial charge on any atom is -0.504 e. The number of hydrazone groups is 1. The summed E-state index contributed by atoms with van der Waals surface area (Å²) in [5, 5.41) is 16.2. The van der Waals surface area contributed by atoms with Gasteiger partial charge < -0.3 is 15.2 Å². The predicted octanol–water partition coefficient (Wildman–Crippen LogP) is 3.25. The number of amides is 2. The number of nitrogens with one attached hydrogen (secondary N) is 2. The van der Waals surface area contributed by atoms with Crippen LogP contribution in [0.15, 0.2) is 47.6 Å². The fourth-order valence-corrected chi connectivity index (χ4v) is 1.91. The quantitative estimate of drug-likeness (QED) is 0.585. The minimum atomic E-state index is -0.431. The molecule has 120 valence electrons. The monoisotopic (exact) mass is 313 g/mol. The number of benzene rings is 2. The van der Waals surface area contributed by atoms with Gasteiger partial charge in [0.2, 0.25) is 0 Å². The molecule has 6 nitrogen and oxygen atoms in total. The Labute approximate surface area is 134 Å². The first kappa shape index (κ1) is 16.4. The number of rotatable bonds is 5. The predicted molar refractivity (Wildman–Crippen MR) is 90.2 cm³/mol. The van der Waals surface area contributed by atoms with Crippen molar-refractivity contribution in [3.05, 3.63) is 53.6 Å². The van der Waals surface area contributed by atoms with Gasteiger partial charge in [-0.05, 0) is 49.2 Å². The molecule has 23 heavy (non-hydrogen) atoms. The number of aromatic hydroxyl groups is 1. The van der Waals surface area contributed by atoms with Gasteiger partial charge >= 0.3 is 6.03 Å². The molecule has 0 saturated heterocycles. The molecule has 0 aliphatic carbocycles. The van der Waals surface area contributed by atoms with Crippen LogP contribution in [0.25, 0.3) is 0 Å². The number of carbonyl (C=O) groups is 1. The van der Waals surface area contributed by atoms with E-state index in [-0.39, 0.29) is 5.75 Å². The third kappa shape index (κ3) is 4.74. The number of hydrogen-bond donors (Lipinski definition) is 3. The van der Waals surface area contributed by atoms with Crippen molar-refractivity contribution in [2.45, 2.75) is 13.8 Å². The van der Waals surface area contributed by atoms with Crippen LogP contribution in [0, 0.1) is 6.92 Å². The first-order valence-corrected chi connectivity index (χ1v) is 7.21. The number of carbonyl (C=O) groups excluding carboxylic acids is 1. The van der Waals surface area contributed by atoms with E-state index in [1.165, 1.54) is 12.3 Å². The van der Waals surface area contributed by atoms with E-state index in [2.05, 4.69) is 15.8 Å². The Hall–Kier alpha value is -3.02. The fourth-order valence-electron chi connectivity index (χ4n) is 1.91. The number of phenols is 1. The molecule has 2 aromatic rings. The number of phenolic OH excluding ortho intramolecular Hbond substituents is 1. The van der Waals surface area contributed by atoms with Crippen molar-refractivity contribution in [2.24, 2.45) is 5.10 Å². The molecule has 2 amide bonds. The third-order valence-electron chi connectivity index (χ3n) is 3.06.